The van der Waals surface area contributed by atoms with Gasteiger partial charge >= 0.3 is 0 Å². The van der Waals surface area contributed by atoms with Crippen LogP contribution in [0.15, 0.2) is 18.2 Å². The molecule has 2 rings (SSSR count). The number of fused-ring (bicyclic) bond motifs is 1. The van der Waals surface area contributed by atoms with Crippen LogP contribution in [0.25, 0.3) is 0 Å². The largest absolute Gasteiger partial charge is 0.493 e. The second-order valence-electron chi connectivity index (χ2n) is 4.70. The van der Waals surface area contributed by atoms with Crippen LogP contribution in [0.2, 0.25) is 0 Å². The van der Waals surface area contributed by atoms with Crippen LogP contribution in [0.4, 0.5) is 0 Å². The van der Waals surface area contributed by atoms with Crippen LogP contribution in [-0.2, 0) is 6.42 Å². The molecule has 0 aliphatic carbocycles. The lowest BCUT2D eigenvalue weighted by Crippen LogP contribution is -2.32. The van der Waals surface area contributed by atoms with Crippen molar-refractivity contribution in [1.29, 1.82) is 0 Å². The molecule has 1 heterocycles. The van der Waals surface area contributed by atoms with E-state index in [1.165, 1.54) is 11.1 Å². The van der Waals surface area contributed by atoms with E-state index in [4.69, 9.17) is 4.74 Å². The molecule has 0 saturated heterocycles. The highest BCUT2D eigenvalue weighted by molar-refractivity contribution is 5.44. The molecule has 0 spiro atoms. The van der Waals surface area contributed by atoms with Crippen LogP contribution in [0.5, 0.6) is 5.75 Å². The van der Waals surface area contributed by atoms with Crippen molar-refractivity contribution in [3.05, 3.63) is 29.3 Å². The molecule has 0 amide bonds. The Balaban J connectivity index is 2.31. The van der Waals surface area contributed by atoms with Crippen LogP contribution in [0, 0.1) is 0 Å². The van der Waals surface area contributed by atoms with Crippen LogP contribution in [0.1, 0.15) is 44.4 Å². The van der Waals surface area contributed by atoms with E-state index in [1.807, 2.05) is 0 Å². The minimum Gasteiger partial charge on any atom is -0.493 e. The molecule has 0 bridgehead atoms. The van der Waals surface area contributed by atoms with Crippen molar-refractivity contribution in [3.63, 3.8) is 0 Å². The average molecular weight is 219 g/mol. The molecule has 1 aliphatic rings. The summed E-state index contributed by atoms with van der Waals surface area (Å²) in [6, 6.07) is 7.46. The number of nitrogens with one attached hydrogen (secondary N) is 1. The summed E-state index contributed by atoms with van der Waals surface area (Å²) in [4.78, 5) is 0. The van der Waals surface area contributed by atoms with Gasteiger partial charge in [-0.15, -0.1) is 0 Å². The predicted octanol–water partition coefficient (Wildman–Crippen LogP) is 3.07. The monoisotopic (exact) mass is 219 g/mol. The topological polar surface area (TPSA) is 21.3 Å². The number of ether oxygens (including phenoxy) is 1. The maximum atomic E-state index is 5.82. The summed E-state index contributed by atoms with van der Waals surface area (Å²) >= 11 is 0. The molecule has 16 heavy (non-hydrogen) atoms. The van der Waals surface area contributed by atoms with Gasteiger partial charge in [-0.3, -0.25) is 0 Å². The van der Waals surface area contributed by atoms with Gasteiger partial charge in [0.15, 0.2) is 0 Å². The van der Waals surface area contributed by atoms with E-state index in [1.54, 1.807) is 0 Å². The van der Waals surface area contributed by atoms with Gasteiger partial charge in [0.05, 0.1) is 6.61 Å². The number of hydrogen-bond acceptors (Lipinski definition) is 2. The summed E-state index contributed by atoms with van der Waals surface area (Å²) < 4.78 is 5.82. The highest BCUT2D eigenvalue weighted by Gasteiger charge is 2.23. The molecule has 1 aromatic rings. The summed E-state index contributed by atoms with van der Waals surface area (Å²) in [5.74, 6) is 1.12. The Morgan fingerprint density at radius 2 is 2.25 bits per heavy atom. The van der Waals surface area contributed by atoms with Gasteiger partial charge in [-0.05, 0) is 12.0 Å². The van der Waals surface area contributed by atoms with Crippen molar-refractivity contribution in [1.82, 2.24) is 5.32 Å². The molecule has 2 heteroatoms. The Labute approximate surface area is 98.0 Å². The highest BCUT2D eigenvalue weighted by Crippen LogP contribution is 2.35. The minimum absolute atomic E-state index is 0.454. The van der Waals surface area contributed by atoms with Crippen LogP contribution >= 0.6 is 0 Å². The number of hydrogen-bond donors (Lipinski definition) is 1. The normalized spacial score (nSPS) is 19.4. The summed E-state index contributed by atoms with van der Waals surface area (Å²) in [6.45, 7) is 7.39. The zero-order valence-electron chi connectivity index (χ0n) is 10.4. The molecule has 1 unspecified atom stereocenters. The Hall–Kier alpha value is -1.02. The summed E-state index contributed by atoms with van der Waals surface area (Å²) in [7, 11) is 0. The lowest BCUT2D eigenvalue weighted by atomic mass is 9.96. The molecule has 1 N–H and O–H groups in total. The molecule has 0 radical (unpaired) electrons. The Morgan fingerprint density at radius 1 is 1.44 bits per heavy atom. The first-order valence-corrected chi connectivity index (χ1v) is 6.23. The summed E-state index contributed by atoms with van der Waals surface area (Å²) in [5, 5.41) is 3.61. The zero-order chi connectivity index (χ0) is 11.5. The lowest BCUT2D eigenvalue weighted by molar-refractivity contribution is 0.245. The molecular weight excluding hydrogens is 198 g/mol. The maximum absolute atomic E-state index is 5.82. The van der Waals surface area contributed by atoms with Gasteiger partial charge in [0.25, 0.3) is 0 Å². The highest BCUT2D eigenvalue weighted by atomic mass is 16.5. The van der Waals surface area contributed by atoms with Crippen molar-refractivity contribution in [2.24, 2.45) is 0 Å². The fourth-order valence-corrected chi connectivity index (χ4v) is 2.34. The van der Waals surface area contributed by atoms with E-state index in [0.29, 0.717) is 12.1 Å². The fraction of sp³-hybridized carbons (Fsp3) is 0.571. The zero-order valence-corrected chi connectivity index (χ0v) is 10.4. The van der Waals surface area contributed by atoms with Crippen molar-refractivity contribution in [2.45, 2.75) is 45.7 Å². The van der Waals surface area contributed by atoms with Crippen LogP contribution in [-0.4, -0.2) is 12.6 Å². The Bertz CT molecular complexity index is 360. The van der Waals surface area contributed by atoms with Crippen molar-refractivity contribution < 1.29 is 4.74 Å². The Kier molecular flexibility index (Phi) is 3.49. The first-order chi connectivity index (χ1) is 7.72. The smallest absolute Gasteiger partial charge is 0.127 e. The standard InChI is InChI=1S/C14H21NO/c1-4-11-6-5-7-12-13(15-10(2)3)8-9-16-14(11)12/h5-7,10,13,15H,4,8-9H2,1-3H3. The third-order valence-electron chi connectivity index (χ3n) is 3.07. The molecule has 0 aromatic heterocycles. The Morgan fingerprint density at radius 3 is 2.94 bits per heavy atom. The van der Waals surface area contributed by atoms with Gasteiger partial charge in [-0.1, -0.05) is 39.0 Å². The molecule has 1 aromatic carbocycles. The predicted molar refractivity (Wildman–Crippen MR) is 66.9 cm³/mol. The maximum Gasteiger partial charge on any atom is 0.127 e. The lowest BCUT2D eigenvalue weighted by Gasteiger charge is -2.29. The van der Waals surface area contributed by atoms with Gasteiger partial charge in [-0.25, -0.2) is 0 Å². The molecule has 88 valence electrons. The van der Waals surface area contributed by atoms with Gasteiger partial charge in [0.2, 0.25) is 0 Å². The first kappa shape index (κ1) is 11.5. The summed E-state index contributed by atoms with van der Waals surface area (Å²) in [5.41, 5.74) is 2.66. The molecule has 0 fully saturated rings. The van der Waals surface area contributed by atoms with Crippen molar-refractivity contribution in [2.75, 3.05) is 6.61 Å². The third-order valence-corrected chi connectivity index (χ3v) is 3.07. The SMILES string of the molecule is CCc1cccc2c1OCCC2NC(C)C. The van der Waals surface area contributed by atoms with Crippen molar-refractivity contribution >= 4 is 0 Å². The second kappa shape index (κ2) is 4.88. The average Bonchev–Trinajstić information content (AvgIpc) is 2.28. The van der Waals surface area contributed by atoms with E-state index in [0.717, 1.165) is 25.2 Å². The van der Waals surface area contributed by atoms with E-state index in [-0.39, 0.29) is 0 Å². The molecule has 1 aliphatic heterocycles. The van der Waals surface area contributed by atoms with Gasteiger partial charge < -0.3 is 10.1 Å². The van der Waals surface area contributed by atoms with E-state index in [9.17, 15) is 0 Å². The number of aryl methyl sites for hydroxylation is 1. The fourth-order valence-electron chi connectivity index (χ4n) is 2.34. The van der Waals surface area contributed by atoms with E-state index < -0.39 is 0 Å². The molecule has 2 nitrogen and oxygen atoms in total. The summed E-state index contributed by atoms with van der Waals surface area (Å²) in [6.07, 6.45) is 2.11. The number of benzene rings is 1. The molecular formula is C14H21NO. The van der Waals surface area contributed by atoms with Crippen LogP contribution < -0.4 is 10.1 Å². The van der Waals surface area contributed by atoms with Gasteiger partial charge in [0.1, 0.15) is 5.75 Å². The number of para-hydroxylation sites is 1. The quantitative estimate of drug-likeness (QED) is 0.843. The van der Waals surface area contributed by atoms with Crippen molar-refractivity contribution in [3.8, 4) is 5.75 Å². The third kappa shape index (κ3) is 2.22. The van der Waals surface area contributed by atoms with Gasteiger partial charge in [-0.2, -0.15) is 0 Å². The number of rotatable bonds is 3. The molecule has 1 atom stereocenters. The van der Waals surface area contributed by atoms with E-state index in [2.05, 4.69) is 44.3 Å². The van der Waals surface area contributed by atoms with E-state index >= 15 is 0 Å². The minimum atomic E-state index is 0.454. The molecule has 0 saturated carbocycles. The second-order valence-corrected chi connectivity index (χ2v) is 4.70. The van der Waals surface area contributed by atoms with Crippen LogP contribution in [0.3, 0.4) is 0 Å². The first-order valence-electron chi connectivity index (χ1n) is 6.23. The van der Waals surface area contributed by atoms with Gasteiger partial charge in [0, 0.05) is 24.1 Å².